The van der Waals surface area contributed by atoms with Crippen LogP contribution in [-0.2, 0) is 26.2 Å². The maximum atomic E-state index is 13.4. The molecule has 4 amide bonds. The third kappa shape index (κ3) is 7.59. The van der Waals surface area contributed by atoms with E-state index in [-0.39, 0.29) is 54.0 Å². The predicted molar refractivity (Wildman–Crippen MR) is 209 cm³/mol. The molecular weight excluding hydrogens is 745 g/mol. The number of fused-ring (bicyclic) bond motifs is 2. The fourth-order valence-electron chi connectivity index (χ4n) is 7.69. The summed E-state index contributed by atoms with van der Waals surface area (Å²) in [5.74, 6) is -1.92. The van der Waals surface area contributed by atoms with E-state index in [0.29, 0.717) is 37.3 Å². The van der Waals surface area contributed by atoms with Crippen molar-refractivity contribution < 1.29 is 37.4 Å². The number of nitrogens with two attached hydrogens (primary N) is 1. The van der Waals surface area contributed by atoms with Gasteiger partial charge in [0.1, 0.15) is 17.0 Å². The maximum absolute atomic E-state index is 13.4. The zero-order chi connectivity index (χ0) is 39.0. The van der Waals surface area contributed by atoms with Crippen molar-refractivity contribution in [3.63, 3.8) is 0 Å². The first-order valence-electron chi connectivity index (χ1n) is 18.3. The van der Waals surface area contributed by atoms with Crippen molar-refractivity contribution in [2.45, 2.75) is 63.9 Å². The highest BCUT2D eigenvalue weighted by molar-refractivity contribution is 7.89. The summed E-state index contributed by atoms with van der Waals surface area (Å²) in [5, 5.41) is 16.6. The number of carbonyl (C=O) groups excluding carboxylic acids is 4. The van der Waals surface area contributed by atoms with E-state index in [1.54, 1.807) is 10.4 Å². The molecule has 0 bridgehead atoms. The Balaban J connectivity index is 1.07. The number of sulfonamides is 1. The summed E-state index contributed by atoms with van der Waals surface area (Å²) < 4.78 is 35.2. The van der Waals surface area contributed by atoms with E-state index in [4.69, 9.17) is 22.7 Å². The summed E-state index contributed by atoms with van der Waals surface area (Å²) in [6, 6.07) is 17.3. The van der Waals surface area contributed by atoms with Crippen molar-refractivity contribution in [3.05, 3.63) is 89.1 Å². The summed E-state index contributed by atoms with van der Waals surface area (Å²) in [7, 11) is -3.30. The highest BCUT2D eigenvalue weighted by Gasteiger charge is 2.46. The Hall–Kier alpha value is -5.16. The molecule has 2 saturated heterocycles. The maximum Gasteiger partial charge on any atom is 0.265 e. The van der Waals surface area contributed by atoms with Crippen molar-refractivity contribution in [3.8, 4) is 16.9 Å². The van der Waals surface area contributed by atoms with Gasteiger partial charge in [0, 0.05) is 60.3 Å². The van der Waals surface area contributed by atoms with Crippen LogP contribution < -0.4 is 21.1 Å². The Kier molecular flexibility index (Phi) is 10.8. The number of piperidine rings is 2. The topological polar surface area (TPSA) is 193 Å². The molecule has 4 aromatic rings. The summed E-state index contributed by atoms with van der Waals surface area (Å²) >= 11 is 5.24. The highest BCUT2D eigenvalue weighted by atomic mass is 32.2. The summed E-state index contributed by atoms with van der Waals surface area (Å²) in [6.07, 6.45) is 2.73. The normalized spacial score (nSPS) is 19.4. The second-order valence-corrected chi connectivity index (χ2v) is 16.6. The first-order valence-corrected chi connectivity index (χ1v) is 20.3. The van der Waals surface area contributed by atoms with Gasteiger partial charge in [-0.2, -0.15) is 0 Å². The van der Waals surface area contributed by atoms with Crippen LogP contribution in [0.2, 0.25) is 0 Å². The number of hydrogen-bond acceptors (Lipinski definition) is 9. The smallest absolute Gasteiger partial charge is 0.265 e. The van der Waals surface area contributed by atoms with E-state index < -0.39 is 46.6 Å². The van der Waals surface area contributed by atoms with Gasteiger partial charge in [-0.3, -0.25) is 24.1 Å². The molecular formula is C39H42N6O8S2. The van der Waals surface area contributed by atoms with E-state index in [1.807, 2.05) is 49.4 Å². The van der Waals surface area contributed by atoms with E-state index >= 15 is 0 Å². The van der Waals surface area contributed by atoms with Crippen molar-refractivity contribution >= 4 is 61.8 Å². The Bertz CT molecular complexity index is 2320. The van der Waals surface area contributed by atoms with Crippen LogP contribution in [0.15, 0.2) is 66.9 Å². The molecule has 0 aliphatic carbocycles. The molecule has 3 aromatic carbocycles. The van der Waals surface area contributed by atoms with Crippen LogP contribution in [0.4, 0.5) is 0 Å². The number of hydrogen-bond donors (Lipinski definition) is 4. The molecule has 2 fully saturated rings. The monoisotopic (exact) mass is 786 g/mol. The van der Waals surface area contributed by atoms with Gasteiger partial charge in [-0.15, -0.1) is 0 Å². The van der Waals surface area contributed by atoms with Gasteiger partial charge >= 0.3 is 0 Å². The number of imide groups is 1. The summed E-state index contributed by atoms with van der Waals surface area (Å²) in [6.45, 7) is 2.46. The number of carbonyl (C=O) groups is 4. The summed E-state index contributed by atoms with van der Waals surface area (Å²) in [5.41, 5.74) is 10.5. The minimum Gasteiger partial charge on any atom is -0.483 e. The molecule has 1 aromatic heterocycles. The standard InChI is InChI=1S/C39H42N6O8S2/c1-2-17-55(51,52)43-15-13-26(14-16-43)44-21-29(24-5-3-6-25(19-24)36(40)54)27-10-9-23(18-31(27)44)20-41-34(47)22-53-32-8-4-7-28-35(32)39(50)45(38(28)49)30-11-12-33(46)42-37(30)48/h3-10,18-19,21,26,30,37,48H,2,11-17,20,22H2,1H3,(H2,40,54)(H,41,47)(H,42,46). The number of aliphatic hydroxyl groups is 1. The SMILES string of the molecule is CCCS(=O)(=O)N1CCC(n2cc(-c3cccc(C(N)=S)c3)c3ccc(CNC(=O)COc4cccc5c4C(=O)N(C4CCC(=O)NC4O)C5=O)cc32)CC1. The molecule has 3 aliphatic rings. The van der Waals surface area contributed by atoms with E-state index in [0.717, 1.165) is 38.1 Å². The van der Waals surface area contributed by atoms with E-state index in [9.17, 15) is 32.7 Å². The van der Waals surface area contributed by atoms with Crippen LogP contribution in [-0.4, -0.2) is 93.6 Å². The summed E-state index contributed by atoms with van der Waals surface area (Å²) in [4.78, 5) is 52.7. The third-order valence-corrected chi connectivity index (χ3v) is 12.8. The average molecular weight is 787 g/mol. The van der Waals surface area contributed by atoms with Gasteiger partial charge in [-0.25, -0.2) is 12.7 Å². The molecule has 55 heavy (non-hydrogen) atoms. The second-order valence-electron chi connectivity index (χ2n) is 14.0. The minimum absolute atomic E-state index is 0.000892. The molecule has 3 aliphatic heterocycles. The number of aliphatic hydroxyl groups excluding tert-OH is 1. The Labute approximate surface area is 323 Å². The van der Waals surface area contributed by atoms with Crippen molar-refractivity contribution in [2.24, 2.45) is 5.73 Å². The van der Waals surface area contributed by atoms with Crippen LogP contribution in [0.3, 0.4) is 0 Å². The van der Waals surface area contributed by atoms with Crippen LogP contribution in [0.1, 0.15) is 76.9 Å². The Morgan fingerprint density at radius 3 is 2.51 bits per heavy atom. The van der Waals surface area contributed by atoms with E-state index in [2.05, 4.69) is 21.4 Å². The Morgan fingerprint density at radius 2 is 1.78 bits per heavy atom. The van der Waals surface area contributed by atoms with Gasteiger partial charge in [0.15, 0.2) is 6.61 Å². The van der Waals surface area contributed by atoms with Gasteiger partial charge in [-0.05, 0) is 61.1 Å². The third-order valence-electron chi connectivity index (χ3n) is 10.5. The number of aromatic nitrogens is 1. The molecule has 288 valence electrons. The molecule has 0 radical (unpaired) electrons. The van der Waals surface area contributed by atoms with Crippen LogP contribution in [0, 0.1) is 0 Å². The first-order chi connectivity index (χ1) is 26.4. The lowest BCUT2D eigenvalue weighted by atomic mass is 10.0. The van der Waals surface area contributed by atoms with Crippen LogP contribution >= 0.6 is 12.2 Å². The minimum atomic E-state index is -3.30. The number of thiocarbonyl (C=S) groups is 1. The number of rotatable bonds is 12. The lowest BCUT2D eigenvalue weighted by Crippen LogP contribution is -2.57. The van der Waals surface area contributed by atoms with Gasteiger partial charge in [0.05, 0.1) is 22.9 Å². The molecule has 5 N–H and O–H groups in total. The number of ether oxygens (including phenoxy) is 1. The Morgan fingerprint density at radius 1 is 1.02 bits per heavy atom. The largest absolute Gasteiger partial charge is 0.483 e. The van der Waals surface area contributed by atoms with Crippen LogP contribution in [0.25, 0.3) is 22.0 Å². The average Bonchev–Trinajstić information content (AvgIpc) is 3.67. The number of nitrogens with one attached hydrogen (secondary N) is 2. The zero-order valence-corrected chi connectivity index (χ0v) is 31.8. The predicted octanol–water partition coefficient (Wildman–Crippen LogP) is 3.21. The van der Waals surface area contributed by atoms with Crippen molar-refractivity contribution in [1.29, 1.82) is 0 Å². The molecule has 2 atom stereocenters. The molecule has 4 heterocycles. The molecule has 14 nitrogen and oxygen atoms in total. The fraction of sp³-hybridized carbons (Fsp3) is 0.359. The van der Waals surface area contributed by atoms with Gasteiger partial charge < -0.3 is 30.8 Å². The van der Waals surface area contributed by atoms with Crippen molar-refractivity contribution in [1.82, 2.24) is 24.4 Å². The van der Waals surface area contributed by atoms with Gasteiger partial charge in [0.25, 0.3) is 17.7 Å². The van der Waals surface area contributed by atoms with E-state index in [1.165, 1.54) is 12.1 Å². The molecule has 16 heteroatoms. The molecule has 0 spiro atoms. The fourth-order valence-corrected chi connectivity index (χ4v) is 9.36. The zero-order valence-electron chi connectivity index (χ0n) is 30.2. The lowest BCUT2D eigenvalue weighted by Gasteiger charge is -2.33. The number of amides is 4. The van der Waals surface area contributed by atoms with Gasteiger partial charge in [-0.1, -0.05) is 55.5 Å². The number of nitrogens with zero attached hydrogens (tertiary/aromatic N) is 3. The van der Waals surface area contributed by atoms with Crippen LogP contribution in [0.5, 0.6) is 5.75 Å². The van der Waals surface area contributed by atoms with Crippen molar-refractivity contribution in [2.75, 3.05) is 25.4 Å². The second kappa shape index (κ2) is 15.5. The quantitative estimate of drug-likeness (QED) is 0.122. The molecule has 0 saturated carbocycles. The molecule has 2 unspecified atom stereocenters. The number of benzene rings is 3. The molecule has 7 rings (SSSR count). The van der Waals surface area contributed by atoms with Gasteiger partial charge in [0.2, 0.25) is 15.9 Å². The highest BCUT2D eigenvalue weighted by Crippen LogP contribution is 2.37. The lowest BCUT2D eigenvalue weighted by molar-refractivity contribution is -0.129. The first kappa shape index (κ1) is 38.1.